The van der Waals surface area contributed by atoms with Crippen LogP contribution in [0.4, 0.5) is 5.69 Å². The summed E-state index contributed by atoms with van der Waals surface area (Å²) in [4.78, 5) is 26.0. The summed E-state index contributed by atoms with van der Waals surface area (Å²) in [6.07, 6.45) is 37.1. The van der Waals surface area contributed by atoms with E-state index in [0.29, 0.717) is 0 Å². The number of aryl methyl sites for hydroxylation is 4. The predicted molar refractivity (Wildman–Crippen MR) is 574 cm³/mol. The highest BCUT2D eigenvalue weighted by molar-refractivity contribution is 7.16. The second kappa shape index (κ2) is 61.5. The third kappa shape index (κ3) is 37.6. The molecular formula is C121H126N14OS. The molecule has 13 aromatic carbocycles. The van der Waals surface area contributed by atoms with Crippen LogP contribution < -0.4 is 10.6 Å². The Hall–Kier alpha value is -15.3. The number of piperidine rings is 2. The van der Waals surface area contributed by atoms with Crippen LogP contribution in [0.5, 0.6) is 0 Å². The number of hydrogen-bond acceptors (Lipinski definition) is 13. The van der Waals surface area contributed by atoms with E-state index in [2.05, 4.69) is 267 Å². The van der Waals surface area contributed by atoms with Gasteiger partial charge >= 0.3 is 0 Å². The van der Waals surface area contributed by atoms with Gasteiger partial charge in [-0.05, 0) is 219 Å². The number of hydrogen-bond donors (Lipinski definition) is 4. The molecule has 692 valence electrons. The minimum Gasteiger partial charge on any atom is -0.464 e. The van der Waals surface area contributed by atoms with E-state index in [9.17, 15) is 0 Å². The van der Waals surface area contributed by atoms with Crippen LogP contribution >= 0.6 is 11.3 Å². The first-order valence-electron chi connectivity index (χ1n) is 47.7. The number of imidazole rings is 1. The molecule has 2 atom stereocenters. The first kappa shape index (κ1) is 101. The minimum atomic E-state index is 0.760. The first-order chi connectivity index (χ1) is 68.0. The van der Waals surface area contributed by atoms with Crippen molar-refractivity contribution in [1.29, 1.82) is 0 Å². The Balaban J connectivity index is 0.000000133. The summed E-state index contributed by atoms with van der Waals surface area (Å²) in [6.45, 7) is 6.72. The summed E-state index contributed by atoms with van der Waals surface area (Å²) in [6, 6.07) is 138. The normalized spacial score (nSPS) is 13.4. The number of rotatable bonds is 4. The molecule has 4 N–H and O–H groups in total. The number of para-hydroxylation sites is 4. The molecule has 137 heavy (non-hydrogen) atoms. The second-order valence-electron chi connectivity index (χ2n) is 32.5. The maximum atomic E-state index is 5.12. The van der Waals surface area contributed by atoms with Gasteiger partial charge in [0.15, 0.2) is 0 Å². The number of azo groups is 1. The van der Waals surface area contributed by atoms with Gasteiger partial charge in [0, 0.05) is 89.6 Å². The molecule has 8 aromatic heterocycles. The number of nitrogens with zero attached hydrogens (tertiary/aromatic N) is 10. The molecule has 3 aliphatic heterocycles. The molecule has 21 aromatic rings. The quantitative estimate of drug-likeness (QED) is 0.132. The van der Waals surface area contributed by atoms with Crippen molar-refractivity contribution in [3.05, 3.63) is 497 Å². The minimum absolute atomic E-state index is 0.760. The smallest absolute Gasteiger partial charge is 0.133 e. The number of benzene rings is 13. The van der Waals surface area contributed by atoms with E-state index in [1.807, 2.05) is 250 Å². The van der Waals surface area contributed by atoms with E-state index in [1.54, 1.807) is 53.4 Å². The number of nitrogens with one attached hydrogen (secondary N) is 4. The number of aromatic amines is 2. The number of furan rings is 1. The van der Waals surface area contributed by atoms with Gasteiger partial charge in [-0.2, -0.15) is 10.2 Å². The summed E-state index contributed by atoms with van der Waals surface area (Å²) in [5.74, 6) is 1.04. The van der Waals surface area contributed by atoms with Crippen LogP contribution in [0.15, 0.2) is 489 Å². The maximum Gasteiger partial charge on any atom is 0.133 e. The summed E-state index contributed by atoms with van der Waals surface area (Å²) in [5.41, 5.74) is 19.8. The van der Waals surface area contributed by atoms with E-state index >= 15 is 0 Å². The van der Waals surface area contributed by atoms with Crippen molar-refractivity contribution in [2.45, 2.75) is 109 Å². The number of fused-ring (bicyclic) bond motifs is 8. The van der Waals surface area contributed by atoms with Crippen LogP contribution in [0.2, 0.25) is 0 Å². The fraction of sp³-hybridized carbons (Fsp3) is 0.182. The van der Waals surface area contributed by atoms with Crippen molar-refractivity contribution in [2.75, 3.05) is 19.6 Å². The lowest BCUT2D eigenvalue weighted by Gasteiger charge is -2.36. The Bertz CT molecular complexity index is 6020. The lowest BCUT2D eigenvalue weighted by Crippen LogP contribution is -2.42. The average molecular weight is 1820 g/mol. The molecule has 2 unspecified atom stereocenters. The SMILES string of the molecule is C1CCC2NCCCC2C1.C1CCNCC1.CCc1ccc(-c2ccccc2)cc1.Cn1cc(-c2ccccc2)nn1.c1c[nH]cn1.c1ccc(-c2ccccc2)cc1.c1ccc2[nH]ccc2c1.c1ccc2c(c1)CN=N2.c1ccc2ccccc2c1.c1ccc2ncccc2c1.c1ccc2occc2c1.c1ccc2scnc2c1.c1ccccc1.c1ccncc1.c1cnc2c(c1)CCCC2. The van der Waals surface area contributed by atoms with Crippen molar-refractivity contribution in [1.82, 2.24) is 60.5 Å². The summed E-state index contributed by atoms with van der Waals surface area (Å²) in [5, 5.41) is 28.8. The van der Waals surface area contributed by atoms with Gasteiger partial charge in [-0.15, -0.1) is 16.4 Å². The van der Waals surface area contributed by atoms with Crippen molar-refractivity contribution in [3.63, 3.8) is 0 Å². The van der Waals surface area contributed by atoms with Gasteiger partial charge in [0.05, 0.1) is 52.3 Å². The first-order valence-corrected chi connectivity index (χ1v) is 48.6. The molecular weight excluding hydrogens is 1700 g/mol. The lowest BCUT2D eigenvalue weighted by molar-refractivity contribution is 0.212. The van der Waals surface area contributed by atoms with E-state index in [1.165, 1.54) is 180 Å². The molecule has 2 aliphatic carbocycles. The standard InChI is InChI=1S/C14H14.C12H10.C10H8.C9H9N3.C9H17N.C9H11N.C9H7N.C8H7N.C8H6O.C7H6N2.C7H5NS.C6H6.C5H11N.C5H5N.C3H4N2/c1-2-12-8-10-14(11-9-12)13-6-4-3-5-7-13;1-3-7-11(8-4-1)12-9-5-2-6-10-12;1-2-6-10-8-4-3-7-9(10)5-1;1-12-7-9(10-11-12)8-5-3-2-4-6-8;3*1-2-6-9-8(4-1)5-3-7-10-9;2*1-2-4-8-7(3-1)5-6-9-8;1-2-4-7-6(3-1)5-8-9-7;1-2-4-7-6(3-1)8-5-9-7;3*1-2-4-6-5-3-1;1-2-5-3-4-1/h3-11H,2H2,1H3;1-10H;1-8H;2-7H,1H3;8-10H,1-7H2;3,5,7H,1-2,4,6H2;1-7H;1-6,9H;1-6H;1-4H,5H2;1-5H;1-6H;6H,1-5H2;1-5H;1-3H,(H,4,5). The number of aromatic nitrogens is 10. The van der Waals surface area contributed by atoms with Gasteiger partial charge in [-0.25, -0.2) is 9.97 Å². The zero-order valence-electron chi connectivity index (χ0n) is 78.7. The summed E-state index contributed by atoms with van der Waals surface area (Å²) < 4.78 is 8.08. The van der Waals surface area contributed by atoms with Crippen LogP contribution in [0.1, 0.15) is 99.9 Å². The Labute approximate surface area is 812 Å². The predicted octanol–water partition coefficient (Wildman–Crippen LogP) is 30.8. The monoisotopic (exact) mass is 1820 g/mol. The van der Waals surface area contributed by atoms with Gasteiger partial charge in [-0.1, -0.05) is 365 Å². The molecule has 15 nitrogen and oxygen atoms in total. The van der Waals surface area contributed by atoms with E-state index in [-0.39, 0.29) is 0 Å². The molecule has 26 rings (SSSR count). The van der Waals surface area contributed by atoms with Crippen molar-refractivity contribution in [3.8, 4) is 33.5 Å². The van der Waals surface area contributed by atoms with Gasteiger partial charge < -0.3 is 25.0 Å². The Morgan fingerprint density at radius 2 is 0.920 bits per heavy atom. The largest absolute Gasteiger partial charge is 0.464 e. The second-order valence-corrected chi connectivity index (χ2v) is 33.4. The van der Waals surface area contributed by atoms with E-state index in [0.717, 1.165) is 63.9 Å². The molecule has 11 heterocycles. The van der Waals surface area contributed by atoms with Crippen LogP contribution in [-0.2, 0) is 32.9 Å². The zero-order chi connectivity index (χ0) is 94.3. The number of pyridine rings is 3. The molecule has 2 saturated heterocycles. The Morgan fingerprint density at radius 1 is 0.387 bits per heavy atom. The van der Waals surface area contributed by atoms with E-state index in [4.69, 9.17) is 4.42 Å². The molecule has 5 aliphatic rings. The highest BCUT2D eigenvalue weighted by Crippen LogP contribution is 2.31. The van der Waals surface area contributed by atoms with Gasteiger partial charge in [-0.3, -0.25) is 19.6 Å². The Kier molecular flexibility index (Phi) is 45.2. The molecule has 0 radical (unpaired) electrons. The lowest BCUT2D eigenvalue weighted by atomic mass is 9.80. The molecule has 1 saturated carbocycles. The fourth-order valence-electron chi connectivity index (χ4n) is 15.4. The van der Waals surface area contributed by atoms with Crippen LogP contribution in [0.3, 0.4) is 0 Å². The van der Waals surface area contributed by atoms with Crippen LogP contribution in [-0.4, -0.2) is 75.6 Å². The molecule has 3 fully saturated rings. The van der Waals surface area contributed by atoms with Crippen LogP contribution in [0.25, 0.3) is 87.3 Å². The molecule has 16 heteroatoms. The highest BCUT2D eigenvalue weighted by Gasteiger charge is 2.26. The van der Waals surface area contributed by atoms with Crippen molar-refractivity contribution in [2.24, 2.45) is 23.2 Å². The topological polar surface area (TPSA) is 189 Å². The van der Waals surface area contributed by atoms with Gasteiger partial charge in [0.2, 0.25) is 0 Å². The zero-order valence-corrected chi connectivity index (χ0v) is 79.5. The molecule has 0 spiro atoms. The highest BCUT2D eigenvalue weighted by atomic mass is 32.1. The third-order valence-electron chi connectivity index (χ3n) is 22.7. The average Bonchev–Trinajstić information content (AvgIpc) is 1.55. The number of thiazole rings is 1. The van der Waals surface area contributed by atoms with Crippen molar-refractivity contribution >= 4 is 70.8 Å². The maximum absolute atomic E-state index is 5.12. The summed E-state index contributed by atoms with van der Waals surface area (Å²) >= 11 is 1.68. The van der Waals surface area contributed by atoms with Crippen LogP contribution in [0, 0.1) is 5.92 Å². The van der Waals surface area contributed by atoms with Gasteiger partial charge in [0.1, 0.15) is 11.3 Å². The van der Waals surface area contributed by atoms with Gasteiger partial charge in [0.25, 0.3) is 0 Å². The fourth-order valence-corrected chi connectivity index (χ4v) is 16.1. The van der Waals surface area contributed by atoms with E-state index < -0.39 is 0 Å². The summed E-state index contributed by atoms with van der Waals surface area (Å²) in [7, 11) is 1.86. The molecule has 0 bridgehead atoms. The number of H-pyrrole nitrogens is 2. The third-order valence-corrected chi connectivity index (χ3v) is 23.5. The van der Waals surface area contributed by atoms with Crippen molar-refractivity contribution < 1.29 is 4.42 Å². The Morgan fingerprint density at radius 3 is 1.47 bits per heavy atom. The molecule has 0 amide bonds.